The molecule has 96 valence electrons. The Morgan fingerprint density at radius 1 is 1.28 bits per heavy atom. The Balaban J connectivity index is 0.000000574. The largest absolute Gasteiger partial charge is 0.220 e. The molecule has 0 atom stereocenters. The third-order valence-electron chi connectivity index (χ3n) is 2.91. The SMILES string of the molecule is CC.Cc1cc(Cl)ccc1-n1cc(C2CC2)nn1. The highest BCUT2D eigenvalue weighted by Gasteiger charge is 2.26. The van der Waals surface area contributed by atoms with Crippen LogP contribution in [0, 0.1) is 6.92 Å². The van der Waals surface area contributed by atoms with Gasteiger partial charge in [-0.15, -0.1) is 5.10 Å². The van der Waals surface area contributed by atoms with Crippen molar-refractivity contribution in [3.8, 4) is 5.69 Å². The van der Waals surface area contributed by atoms with Crippen LogP contribution in [0.2, 0.25) is 5.02 Å². The summed E-state index contributed by atoms with van der Waals surface area (Å²) in [7, 11) is 0. The van der Waals surface area contributed by atoms with E-state index in [2.05, 4.69) is 10.3 Å². The van der Waals surface area contributed by atoms with Crippen LogP contribution in [0.5, 0.6) is 0 Å². The van der Waals surface area contributed by atoms with Crippen molar-refractivity contribution < 1.29 is 0 Å². The van der Waals surface area contributed by atoms with E-state index >= 15 is 0 Å². The van der Waals surface area contributed by atoms with E-state index < -0.39 is 0 Å². The monoisotopic (exact) mass is 263 g/mol. The molecule has 3 rings (SSSR count). The molecule has 0 amide bonds. The maximum atomic E-state index is 5.92. The van der Waals surface area contributed by atoms with Crippen molar-refractivity contribution >= 4 is 11.6 Å². The van der Waals surface area contributed by atoms with Gasteiger partial charge in [0.2, 0.25) is 0 Å². The number of aryl methyl sites for hydroxylation is 1. The average molecular weight is 264 g/mol. The molecule has 18 heavy (non-hydrogen) atoms. The second kappa shape index (κ2) is 5.53. The molecule has 1 aromatic carbocycles. The molecule has 1 aliphatic rings. The fraction of sp³-hybridized carbons (Fsp3) is 0.429. The van der Waals surface area contributed by atoms with E-state index in [0.717, 1.165) is 22.0 Å². The molecule has 1 heterocycles. The molecule has 0 bridgehead atoms. The summed E-state index contributed by atoms with van der Waals surface area (Å²) in [4.78, 5) is 0. The van der Waals surface area contributed by atoms with Crippen molar-refractivity contribution in [2.24, 2.45) is 0 Å². The lowest BCUT2D eigenvalue weighted by molar-refractivity contribution is 0.793. The fourth-order valence-electron chi connectivity index (χ4n) is 1.84. The van der Waals surface area contributed by atoms with Crippen LogP contribution in [0.4, 0.5) is 0 Å². The molecule has 0 aliphatic heterocycles. The van der Waals surface area contributed by atoms with Crippen molar-refractivity contribution in [1.82, 2.24) is 15.0 Å². The second-order valence-corrected chi connectivity index (χ2v) is 4.73. The molecule has 1 fully saturated rings. The van der Waals surface area contributed by atoms with Crippen molar-refractivity contribution in [3.05, 3.63) is 40.7 Å². The number of hydrogen-bond donors (Lipinski definition) is 0. The third-order valence-corrected chi connectivity index (χ3v) is 3.15. The molecule has 0 radical (unpaired) electrons. The summed E-state index contributed by atoms with van der Waals surface area (Å²) >= 11 is 5.92. The number of rotatable bonds is 2. The van der Waals surface area contributed by atoms with E-state index in [1.807, 2.05) is 49.8 Å². The van der Waals surface area contributed by atoms with Gasteiger partial charge in [-0.05, 0) is 43.5 Å². The Kier molecular flexibility index (Phi) is 4.02. The van der Waals surface area contributed by atoms with E-state index in [9.17, 15) is 0 Å². The minimum absolute atomic E-state index is 0.640. The zero-order valence-electron chi connectivity index (χ0n) is 11.0. The Hall–Kier alpha value is -1.35. The van der Waals surface area contributed by atoms with E-state index in [-0.39, 0.29) is 0 Å². The third kappa shape index (κ3) is 2.72. The first-order valence-corrected chi connectivity index (χ1v) is 6.80. The molecular formula is C14H18ClN3. The minimum atomic E-state index is 0.640. The van der Waals surface area contributed by atoms with Gasteiger partial charge in [0.15, 0.2) is 0 Å². The molecule has 2 aromatic rings. The van der Waals surface area contributed by atoms with E-state index in [1.54, 1.807) is 0 Å². The summed E-state index contributed by atoms with van der Waals surface area (Å²) in [5, 5.41) is 9.11. The van der Waals surface area contributed by atoms with Crippen LogP contribution in [0.1, 0.15) is 43.9 Å². The quantitative estimate of drug-likeness (QED) is 0.816. The fourth-order valence-corrected chi connectivity index (χ4v) is 2.06. The van der Waals surface area contributed by atoms with Gasteiger partial charge in [-0.3, -0.25) is 0 Å². The van der Waals surface area contributed by atoms with Crippen LogP contribution in [0.25, 0.3) is 5.69 Å². The lowest BCUT2D eigenvalue weighted by Crippen LogP contribution is -1.97. The molecule has 0 saturated heterocycles. The standard InChI is InChI=1S/C12H12ClN3.C2H6/c1-8-6-10(13)4-5-12(8)16-7-11(14-15-16)9-2-3-9;1-2/h4-7,9H,2-3H2,1H3;1-2H3. The van der Waals surface area contributed by atoms with Crippen LogP contribution >= 0.6 is 11.6 Å². The molecule has 4 heteroatoms. The van der Waals surface area contributed by atoms with Gasteiger partial charge in [0.25, 0.3) is 0 Å². The van der Waals surface area contributed by atoms with Crippen molar-refractivity contribution in [2.75, 3.05) is 0 Å². The van der Waals surface area contributed by atoms with Crippen LogP contribution < -0.4 is 0 Å². The predicted octanol–water partition coefficient (Wildman–Crippen LogP) is 4.13. The number of nitrogens with zero attached hydrogens (tertiary/aromatic N) is 3. The molecule has 0 N–H and O–H groups in total. The van der Waals surface area contributed by atoms with Gasteiger partial charge in [0.05, 0.1) is 17.6 Å². The van der Waals surface area contributed by atoms with Gasteiger partial charge in [-0.2, -0.15) is 0 Å². The topological polar surface area (TPSA) is 30.7 Å². The van der Waals surface area contributed by atoms with Gasteiger partial charge < -0.3 is 0 Å². The maximum Gasteiger partial charge on any atom is 0.0862 e. The summed E-state index contributed by atoms with van der Waals surface area (Å²) in [5.74, 6) is 0.640. The van der Waals surface area contributed by atoms with E-state index in [4.69, 9.17) is 11.6 Å². The van der Waals surface area contributed by atoms with Gasteiger partial charge in [-0.25, -0.2) is 4.68 Å². The number of benzene rings is 1. The van der Waals surface area contributed by atoms with Crippen LogP contribution in [-0.4, -0.2) is 15.0 Å². The summed E-state index contributed by atoms with van der Waals surface area (Å²) in [6.07, 6.45) is 4.52. The number of aromatic nitrogens is 3. The highest BCUT2D eigenvalue weighted by atomic mass is 35.5. The Morgan fingerprint density at radius 2 is 2.00 bits per heavy atom. The maximum absolute atomic E-state index is 5.92. The first kappa shape index (κ1) is 13.1. The summed E-state index contributed by atoms with van der Waals surface area (Å²) in [5.41, 5.74) is 3.26. The Labute approximate surface area is 113 Å². The van der Waals surface area contributed by atoms with Crippen molar-refractivity contribution in [1.29, 1.82) is 0 Å². The van der Waals surface area contributed by atoms with Crippen molar-refractivity contribution in [2.45, 2.75) is 39.5 Å². The minimum Gasteiger partial charge on any atom is -0.220 e. The predicted molar refractivity (Wildman–Crippen MR) is 74.4 cm³/mol. The summed E-state index contributed by atoms with van der Waals surface area (Å²) in [6, 6.07) is 5.79. The van der Waals surface area contributed by atoms with Crippen molar-refractivity contribution in [3.63, 3.8) is 0 Å². The van der Waals surface area contributed by atoms with E-state index in [0.29, 0.717) is 5.92 Å². The molecule has 0 unspecified atom stereocenters. The summed E-state index contributed by atoms with van der Waals surface area (Å²) in [6.45, 7) is 6.03. The molecule has 0 spiro atoms. The molecule has 3 nitrogen and oxygen atoms in total. The first-order valence-electron chi connectivity index (χ1n) is 6.43. The normalized spacial score (nSPS) is 14.0. The van der Waals surface area contributed by atoms with Gasteiger partial charge in [0, 0.05) is 10.9 Å². The Bertz CT molecular complexity index is 530. The van der Waals surface area contributed by atoms with Gasteiger partial charge >= 0.3 is 0 Å². The number of halogens is 1. The first-order chi connectivity index (χ1) is 8.74. The molecule has 1 aliphatic carbocycles. The number of hydrogen-bond acceptors (Lipinski definition) is 2. The molecular weight excluding hydrogens is 246 g/mol. The lowest BCUT2D eigenvalue weighted by atomic mass is 10.2. The van der Waals surface area contributed by atoms with Crippen LogP contribution in [-0.2, 0) is 0 Å². The lowest BCUT2D eigenvalue weighted by Gasteiger charge is -2.04. The zero-order valence-corrected chi connectivity index (χ0v) is 11.8. The highest BCUT2D eigenvalue weighted by Crippen LogP contribution is 2.38. The second-order valence-electron chi connectivity index (χ2n) is 4.29. The highest BCUT2D eigenvalue weighted by molar-refractivity contribution is 6.30. The smallest absolute Gasteiger partial charge is 0.0862 e. The van der Waals surface area contributed by atoms with Gasteiger partial charge in [0.1, 0.15) is 0 Å². The summed E-state index contributed by atoms with van der Waals surface area (Å²) < 4.78 is 1.83. The Morgan fingerprint density at radius 3 is 2.61 bits per heavy atom. The van der Waals surface area contributed by atoms with Crippen LogP contribution in [0.3, 0.4) is 0 Å². The van der Waals surface area contributed by atoms with Crippen LogP contribution in [0.15, 0.2) is 24.4 Å². The molecule has 1 saturated carbocycles. The van der Waals surface area contributed by atoms with Gasteiger partial charge in [-0.1, -0.05) is 30.7 Å². The average Bonchev–Trinajstić information content (AvgIpc) is 3.11. The zero-order chi connectivity index (χ0) is 13.1. The van der Waals surface area contributed by atoms with E-state index in [1.165, 1.54) is 12.8 Å². The molecule has 1 aromatic heterocycles.